The van der Waals surface area contributed by atoms with Crippen LogP contribution in [0.3, 0.4) is 0 Å². The molecule has 0 aliphatic heterocycles. The first-order chi connectivity index (χ1) is 3.27. The molecule has 7 heavy (non-hydrogen) atoms. The van der Waals surface area contributed by atoms with Crippen LogP contribution in [0.5, 0.6) is 0 Å². The lowest BCUT2D eigenvalue weighted by Gasteiger charge is -1.57. The summed E-state index contributed by atoms with van der Waals surface area (Å²) in [5.74, 6) is 0. The zero-order valence-electron chi connectivity index (χ0n) is 3.33. The van der Waals surface area contributed by atoms with Gasteiger partial charge in [-0.3, -0.25) is 4.79 Å². The lowest BCUT2D eigenvalue weighted by Crippen LogP contribution is -1.63. The van der Waals surface area contributed by atoms with E-state index < -0.39 is 10.7 Å². The molecule has 0 aromatic rings. The summed E-state index contributed by atoms with van der Waals surface area (Å²) >= 11 is 0. The Hall–Kier alpha value is -0.640. The Kier molecular flexibility index (Phi) is 3.22. The molecule has 0 spiro atoms. The van der Waals surface area contributed by atoms with Crippen molar-refractivity contribution in [1.82, 2.24) is 0 Å². The number of thiol groups is 1. The molecule has 0 aliphatic carbocycles. The quantitative estimate of drug-likeness (QED) is 0.383. The van der Waals surface area contributed by atoms with Gasteiger partial charge in [-0.05, 0) is 0 Å². The Bertz CT molecular complexity index is 136. The number of allylic oxidation sites excluding steroid dienone is 1. The van der Waals surface area contributed by atoms with Crippen LogP contribution in [0, 0.1) is 0 Å². The second-order valence-corrected chi connectivity index (χ2v) is 1.59. The molecule has 0 fully saturated rings. The average molecular weight is 119 g/mol. The summed E-state index contributed by atoms with van der Waals surface area (Å²) in [5.41, 5.74) is 0. The van der Waals surface area contributed by atoms with Crippen molar-refractivity contribution < 1.29 is 13.2 Å². The van der Waals surface area contributed by atoms with Crippen molar-refractivity contribution in [2.24, 2.45) is 0 Å². The van der Waals surface area contributed by atoms with Crippen molar-refractivity contribution in [3.63, 3.8) is 0 Å². The van der Waals surface area contributed by atoms with Crippen LogP contribution in [-0.2, 0) is 15.5 Å². The lowest BCUT2D eigenvalue weighted by atomic mass is 10.7. The second-order valence-electron chi connectivity index (χ2n) is 0.719. The lowest BCUT2D eigenvalue weighted by molar-refractivity contribution is 0.564. The minimum Gasteiger partial charge on any atom is -0.286 e. The molecule has 0 aliphatic rings. The third-order valence-corrected chi connectivity index (χ3v) is 0.657. The van der Waals surface area contributed by atoms with Crippen LogP contribution in [0.2, 0.25) is 0 Å². The first-order valence-corrected chi connectivity index (χ1v) is 2.70. The van der Waals surface area contributed by atoms with E-state index in [2.05, 4.69) is 0 Å². The van der Waals surface area contributed by atoms with Gasteiger partial charge in [0.25, 0.3) is 0 Å². The fourth-order valence-corrected chi connectivity index (χ4v) is 0.274. The molecule has 0 amide bonds. The predicted molar refractivity (Wildman–Crippen MR) is 25.1 cm³/mol. The van der Waals surface area contributed by atoms with Gasteiger partial charge in [-0.15, -0.1) is 0 Å². The van der Waals surface area contributed by atoms with Gasteiger partial charge in [0.1, 0.15) is 0 Å². The molecule has 0 rings (SSSR count). The summed E-state index contributed by atoms with van der Waals surface area (Å²) in [4.78, 5) is 9.23. The first-order valence-electron chi connectivity index (χ1n) is 1.45. The van der Waals surface area contributed by atoms with Gasteiger partial charge >= 0.3 is 0 Å². The molecule has 0 saturated heterocycles. The molecule has 0 heterocycles. The maximum atomic E-state index is 9.53. The van der Waals surface area contributed by atoms with E-state index in [-0.39, 0.29) is 0 Å². The van der Waals surface area contributed by atoms with Crippen LogP contribution in [0.15, 0.2) is 11.5 Å². The monoisotopic (exact) mass is 119 g/mol. The van der Waals surface area contributed by atoms with Gasteiger partial charge in [0.05, 0.1) is 0 Å². The van der Waals surface area contributed by atoms with E-state index in [4.69, 9.17) is 0 Å². The molecule has 0 atom stereocenters. The molecule has 3 nitrogen and oxygen atoms in total. The van der Waals surface area contributed by atoms with E-state index in [0.717, 1.165) is 11.5 Å². The smallest absolute Gasteiger partial charge is 0.226 e. The van der Waals surface area contributed by atoms with E-state index in [1.165, 1.54) is 6.29 Å². The maximum Gasteiger partial charge on any atom is 0.226 e. The van der Waals surface area contributed by atoms with Crippen LogP contribution in [0.25, 0.3) is 0 Å². The Morgan fingerprint density at radius 3 is 2.14 bits per heavy atom. The first kappa shape index (κ1) is 6.36. The largest absolute Gasteiger partial charge is 0.286 e. The maximum absolute atomic E-state index is 9.53. The highest BCUT2D eigenvalue weighted by Gasteiger charge is 1.67. The van der Waals surface area contributed by atoms with Gasteiger partial charge in [0, 0.05) is 11.5 Å². The summed E-state index contributed by atoms with van der Waals surface area (Å²) in [6.45, 7) is 0. The molecule has 0 saturated carbocycles. The van der Waals surface area contributed by atoms with Crippen molar-refractivity contribution in [3.8, 4) is 0 Å². The summed E-state index contributed by atoms with van der Waals surface area (Å²) in [5, 5.41) is 0.752. The third kappa shape index (κ3) is 5.36. The van der Waals surface area contributed by atoms with E-state index in [1.54, 1.807) is 0 Å². The van der Waals surface area contributed by atoms with Crippen LogP contribution in [0.4, 0.5) is 0 Å². The van der Waals surface area contributed by atoms with Gasteiger partial charge < -0.3 is 0 Å². The zero-order valence-corrected chi connectivity index (χ0v) is 4.22. The average Bonchev–Trinajstić information content (AvgIpc) is 1.61. The Morgan fingerprint density at radius 1 is 1.43 bits per heavy atom. The molecule has 39 valence electrons. The fraction of sp³-hybridized carbons (Fsp3) is 0. The van der Waals surface area contributed by atoms with E-state index in [9.17, 15) is 13.2 Å². The van der Waals surface area contributed by atoms with Crippen LogP contribution in [0.1, 0.15) is 0 Å². The molecule has 0 N–H and O–H groups in total. The molecule has 0 aromatic carbocycles. The summed E-state index contributed by atoms with van der Waals surface area (Å²) < 4.78 is 19.1. The van der Waals surface area contributed by atoms with Crippen LogP contribution in [-0.4, -0.2) is 14.7 Å². The molecule has 0 aromatic heterocycles. The molecule has 1 radical (unpaired) electrons. The highest BCUT2D eigenvalue weighted by atomic mass is 32.2. The van der Waals surface area contributed by atoms with E-state index >= 15 is 0 Å². The Morgan fingerprint density at radius 2 is 2.00 bits per heavy atom. The molecular formula is C3H3O3S. The van der Waals surface area contributed by atoms with Gasteiger partial charge in [-0.1, -0.05) is 0 Å². The number of carbonyl (C=O) groups excluding carboxylic acids is 1. The second kappa shape index (κ2) is 3.55. The van der Waals surface area contributed by atoms with Crippen molar-refractivity contribution in [2.75, 3.05) is 0 Å². The Labute approximate surface area is 42.6 Å². The van der Waals surface area contributed by atoms with Crippen molar-refractivity contribution in [3.05, 3.63) is 11.5 Å². The van der Waals surface area contributed by atoms with Crippen molar-refractivity contribution >= 4 is 17.0 Å². The molecule has 4 heteroatoms. The minimum absolute atomic E-state index is 0.752. The summed E-state index contributed by atoms with van der Waals surface area (Å²) in [7, 11) is -2.55. The number of hydrogen-bond acceptors (Lipinski definition) is 3. The molecular weight excluding hydrogens is 116 g/mol. The van der Waals surface area contributed by atoms with Gasteiger partial charge in [-0.25, -0.2) is 8.42 Å². The van der Waals surface area contributed by atoms with Crippen molar-refractivity contribution in [2.45, 2.75) is 0 Å². The SMILES string of the molecule is O=[C]C=C[SH](=O)=O. The van der Waals surface area contributed by atoms with Gasteiger partial charge in [0.2, 0.25) is 6.29 Å². The molecule has 0 unspecified atom stereocenters. The highest BCUT2D eigenvalue weighted by molar-refractivity contribution is 7.75. The minimum atomic E-state index is -2.55. The standard InChI is InChI=1S/C3H3O3S/c4-2-1-3-7(5)6/h1,3,7H. The fourth-order valence-electron chi connectivity index (χ4n) is 0.0913. The normalized spacial score (nSPS) is 10.4. The summed E-state index contributed by atoms with van der Waals surface area (Å²) in [6.07, 6.45) is 2.08. The van der Waals surface area contributed by atoms with E-state index in [0.29, 0.717) is 0 Å². The number of rotatable bonds is 2. The van der Waals surface area contributed by atoms with Crippen LogP contribution < -0.4 is 0 Å². The Balaban J connectivity index is 3.69. The van der Waals surface area contributed by atoms with Gasteiger partial charge in [0.15, 0.2) is 10.7 Å². The zero-order chi connectivity index (χ0) is 5.70. The topological polar surface area (TPSA) is 51.2 Å². The molecule has 0 bridgehead atoms. The predicted octanol–water partition coefficient (Wildman–Crippen LogP) is -0.779. The number of hydrogen-bond donors (Lipinski definition) is 1. The third-order valence-electron chi connectivity index (χ3n) is 0.264. The van der Waals surface area contributed by atoms with Gasteiger partial charge in [-0.2, -0.15) is 0 Å². The van der Waals surface area contributed by atoms with Crippen molar-refractivity contribution in [1.29, 1.82) is 0 Å². The van der Waals surface area contributed by atoms with E-state index in [1.807, 2.05) is 0 Å². The highest BCUT2D eigenvalue weighted by Crippen LogP contribution is 1.63. The van der Waals surface area contributed by atoms with Crippen LogP contribution >= 0.6 is 0 Å². The summed E-state index contributed by atoms with van der Waals surface area (Å²) in [6, 6.07) is 0.